The van der Waals surface area contributed by atoms with Crippen molar-refractivity contribution in [2.24, 2.45) is 4.40 Å². The predicted octanol–water partition coefficient (Wildman–Crippen LogP) is 4.34. The van der Waals surface area contributed by atoms with E-state index in [1.54, 1.807) is 17.5 Å². The molecule has 4 nitrogen and oxygen atoms in total. The van der Waals surface area contributed by atoms with Crippen LogP contribution in [0, 0.1) is 0 Å². The van der Waals surface area contributed by atoms with Gasteiger partial charge in [-0.15, -0.1) is 15.7 Å². The van der Waals surface area contributed by atoms with Crippen molar-refractivity contribution in [3.8, 4) is 0 Å². The molecule has 1 aliphatic heterocycles. The van der Waals surface area contributed by atoms with Gasteiger partial charge < -0.3 is 4.90 Å². The molecule has 0 atom stereocenters. The minimum Gasteiger partial charge on any atom is -0.325 e. The van der Waals surface area contributed by atoms with Gasteiger partial charge in [0.15, 0.2) is 5.84 Å². The summed E-state index contributed by atoms with van der Waals surface area (Å²) < 4.78 is 30.2. The average Bonchev–Trinajstić information content (AvgIpc) is 3.22. The number of fused-ring (bicyclic) bond motifs is 1. The molecule has 0 saturated carbocycles. The Morgan fingerprint density at radius 3 is 2.50 bits per heavy atom. The van der Waals surface area contributed by atoms with E-state index in [2.05, 4.69) is 10.5 Å². The molecule has 6 heteroatoms. The Morgan fingerprint density at radius 1 is 0.962 bits per heavy atom. The van der Waals surface area contributed by atoms with E-state index in [4.69, 9.17) is 0 Å². The Labute approximate surface area is 157 Å². The highest BCUT2D eigenvalue weighted by molar-refractivity contribution is 7.92. The molecule has 132 valence electrons. The molecule has 0 N–H and O–H groups in total. The standard InChI is InChI=1S/C20H18N2O2S2/c23-26(24,19-13-7-15-25-19)21-20(17-9-2-1-3-10-17)22-14-6-11-16-8-4-5-12-18(16)22/h1-5,7-10,12-13,15H,6,11,14H2/b21-20+. The van der Waals surface area contributed by atoms with Gasteiger partial charge in [-0.3, -0.25) is 0 Å². The van der Waals surface area contributed by atoms with E-state index in [1.165, 1.54) is 16.9 Å². The minimum atomic E-state index is -3.75. The van der Waals surface area contributed by atoms with E-state index in [9.17, 15) is 8.42 Å². The van der Waals surface area contributed by atoms with Gasteiger partial charge in [-0.25, -0.2) is 0 Å². The summed E-state index contributed by atoms with van der Waals surface area (Å²) in [6.45, 7) is 0.741. The Bertz CT molecular complexity index is 1030. The number of benzene rings is 2. The van der Waals surface area contributed by atoms with Crippen molar-refractivity contribution in [3.63, 3.8) is 0 Å². The van der Waals surface area contributed by atoms with Gasteiger partial charge in [0, 0.05) is 17.8 Å². The fraction of sp³-hybridized carbons (Fsp3) is 0.150. The zero-order valence-electron chi connectivity index (χ0n) is 14.1. The molecule has 0 spiro atoms. The average molecular weight is 383 g/mol. The monoisotopic (exact) mass is 382 g/mol. The summed E-state index contributed by atoms with van der Waals surface area (Å²) in [6, 6.07) is 21.0. The Morgan fingerprint density at radius 2 is 1.73 bits per heavy atom. The van der Waals surface area contributed by atoms with Crippen molar-refractivity contribution in [2.75, 3.05) is 11.4 Å². The number of para-hydroxylation sites is 1. The predicted molar refractivity (Wildman–Crippen MR) is 107 cm³/mol. The molecule has 0 aliphatic carbocycles. The summed E-state index contributed by atoms with van der Waals surface area (Å²) in [5, 5.41) is 1.75. The van der Waals surface area contributed by atoms with Crippen LogP contribution in [0.25, 0.3) is 0 Å². The number of nitrogens with zero attached hydrogens (tertiary/aromatic N) is 2. The number of aryl methyl sites for hydroxylation is 1. The first-order chi connectivity index (χ1) is 12.6. The van der Waals surface area contributed by atoms with Gasteiger partial charge in [0.05, 0.1) is 0 Å². The topological polar surface area (TPSA) is 49.7 Å². The molecular weight excluding hydrogens is 364 g/mol. The van der Waals surface area contributed by atoms with Crippen LogP contribution in [0.2, 0.25) is 0 Å². The second-order valence-electron chi connectivity index (χ2n) is 6.07. The van der Waals surface area contributed by atoms with Gasteiger partial charge in [0.1, 0.15) is 4.21 Å². The molecule has 0 saturated heterocycles. The number of rotatable bonds is 3. The summed E-state index contributed by atoms with van der Waals surface area (Å²) in [7, 11) is -3.75. The van der Waals surface area contributed by atoms with Crippen LogP contribution in [0.3, 0.4) is 0 Å². The molecule has 0 amide bonds. The number of sulfonamides is 1. The van der Waals surface area contributed by atoms with Crippen LogP contribution in [-0.4, -0.2) is 20.8 Å². The van der Waals surface area contributed by atoms with Gasteiger partial charge in [-0.2, -0.15) is 8.42 Å². The highest BCUT2D eigenvalue weighted by Gasteiger charge is 2.25. The number of amidine groups is 1. The lowest BCUT2D eigenvalue weighted by Gasteiger charge is -2.32. The molecule has 0 bridgehead atoms. The quantitative estimate of drug-likeness (QED) is 0.500. The van der Waals surface area contributed by atoms with Crippen LogP contribution in [0.1, 0.15) is 17.5 Å². The Kier molecular flexibility index (Phi) is 4.61. The smallest absolute Gasteiger partial charge is 0.293 e. The third-order valence-corrected chi connectivity index (χ3v) is 6.99. The van der Waals surface area contributed by atoms with E-state index in [0.29, 0.717) is 5.84 Å². The molecule has 2 heterocycles. The molecule has 4 rings (SSSR count). The van der Waals surface area contributed by atoms with Crippen molar-refractivity contribution >= 4 is 32.9 Å². The third kappa shape index (κ3) is 3.30. The number of hydrogen-bond acceptors (Lipinski definition) is 3. The maximum Gasteiger partial charge on any atom is 0.293 e. The molecule has 0 unspecified atom stereocenters. The number of anilines is 1. The summed E-state index contributed by atoms with van der Waals surface area (Å²) >= 11 is 1.19. The van der Waals surface area contributed by atoms with E-state index in [1.807, 2.05) is 53.4 Å². The number of hydrogen-bond donors (Lipinski definition) is 0. The normalized spacial score (nSPS) is 14.9. The Balaban J connectivity index is 1.88. The molecule has 0 radical (unpaired) electrons. The Hall–Kier alpha value is -2.44. The maximum atomic E-state index is 12.8. The highest BCUT2D eigenvalue weighted by Crippen LogP contribution is 2.29. The van der Waals surface area contributed by atoms with Crippen LogP contribution in [0.5, 0.6) is 0 Å². The van der Waals surface area contributed by atoms with E-state index in [0.717, 1.165) is 30.6 Å². The first-order valence-corrected chi connectivity index (χ1v) is 10.8. The van der Waals surface area contributed by atoms with Crippen molar-refractivity contribution < 1.29 is 8.42 Å². The van der Waals surface area contributed by atoms with Crippen molar-refractivity contribution in [2.45, 2.75) is 17.1 Å². The van der Waals surface area contributed by atoms with E-state index in [-0.39, 0.29) is 4.21 Å². The van der Waals surface area contributed by atoms with E-state index >= 15 is 0 Å². The van der Waals surface area contributed by atoms with Gasteiger partial charge in [-0.1, -0.05) is 54.6 Å². The summed E-state index contributed by atoms with van der Waals surface area (Å²) in [5.41, 5.74) is 3.04. The summed E-state index contributed by atoms with van der Waals surface area (Å²) in [5.74, 6) is 0.478. The first-order valence-electron chi connectivity index (χ1n) is 8.44. The lowest BCUT2D eigenvalue weighted by molar-refractivity contribution is 0.600. The molecule has 1 aromatic heterocycles. The summed E-state index contributed by atoms with van der Waals surface area (Å²) in [6.07, 6.45) is 1.95. The molecule has 2 aromatic carbocycles. The number of thiophene rings is 1. The van der Waals surface area contributed by atoms with Gasteiger partial charge in [-0.05, 0) is 35.9 Å². The third-order valence-electron chi connectivity index (χ3n) is 4.35. The fourth-order valence-corrected chi connectivity index (χ4v) is 5.15. The lowest BCUT2D eigenvalue weighted by atomic mass is 10.0. The van der Waals surface area contributed by atoms with Gasteiger partial charge >= 0.3 is 0 Å². The first kappa shape index (κ1) is 17.0. The summed E-state index contributed by atoms with van der Waals surface area (Å²) in [4.78, 5) is 2.03. The zero-order valence-corrected chi connectivity index (χ0v) is 15.7. The molecule has 1 aliphatic rings. The second kappa shape index (κ2) is 7.05. The molecule has 3 aromatic rings. The van der Waals surface area contributed by atoms with Crippen LogP contribution in [0.4, 0.5) is 5.69 Å². The van der Waals surface area contributed by atoms with Crippen LogP contribution in [0.15, 0.2) is 80.7 Å². The molecule has 0 fully saturated rings. The zero-order chi connectivity index (χ0) is 18.0. The van der Waals surface area contributed by atoms with Crippen molar-refractivity contribution in [1.82, 2.24) is 0 Å². The second-order valence-corrected chi connectivity index (χ2v) is 8.85. The van der Waals surface area contributed by atoms with Crippen molar-refractivity contribution in [1.29, 1.82) is 0 Å². The molecule has 26 heavy (non-hydrogen) atoms. The van der Waals surface area contributed by atoms with Crippen LogP contribution < -0.4 is 4.90 Å². The minimum absolute atomic E-state index is 0.260. The van der Waals surface area contributed by atoms with Crippen LogP contribution >= 0.6 is 11.3 Å². The van der Waals surface area contributed by atoms with E-state index < -0.39 is 10.0 Å². The fourth-order valence-electron chi connectivity index (χ4n) is 3.17. The largest absolute Gasteiger partial charge is 0.325 e. The van der Waals surface area contributed by atoms with Gasteiger partial charge in [0.2, 0.25) is 0 Å². The SMILES string of the molecule is O=S(=O)(/N=C(\c1ccccc1)N1CCCc2ccccc21)c1cccs1. The van der Waals surface area contributed by atoms with Crippen LogP contribution in [-0.2, 0) is 16.4 Å². The van der Waals surface area contributed by atoms with Gasteiger partial charge in [0.25, 0.3) is 10.0 Å². The lowest BCUT2D eigenvalue weighted by Crippen LogP contribution is -2.36. The molecular formula is C20H18N2O2S2. The highest BCUT2D eigenvalue weighted by atomic mass is 32.2. The maximum absolute atomic E-state index is 12.8. The van der Waals surface area contributed by atoms with Crippen molar-refractivity contribution in [3.05, 3.63) is 83.2 Å².